The number of halogens is 2. The fourth-order valence-electron chi connectivity index (χ4n) is 2.82. The van der Waals surface area contributed by atoms with Gasteiger partial charge in [0.05, 0.1) is 10.7 Å². The Hall–Kier alpha value is -1.92. The van der Waals surface area contributed by atoms with Crippen molar-refractivity contribution in [2.45, 2.75) is 13.0 Å². The zero-order valence-corrected chi connectivity index (χ0v) is 15.9. The van der Waals surface area contributed by atoms with Gasteiger partial charge in [-0.2, -0.15) is 0 Å². The molecule has 2 N–H and O–H groups in total. The largest absolute Gasteiger partial charge is 0.329 e. The third-order valence-electron chi connectivity index (χ3n) is 4.07. The smallest absolute Gasteiger partial charge is 0.258 e. The molecular formula is C19H22Cl2N4O. The summed E-state index contributed by atoms with van der Waals surface area (Å²) in [5, 5.41) is 0.511. The zero-order valence-electron chi connectivity index (χ0n) is 14.3. The van der Waals surface area contributed by atoms with Crippen LogP contribution in [0.4, 0.5) is 0 Å². The Morgan fingerprint density at radius 3 is 2.62 bits per heavy atom. The minimum atomic E-state index is -0.127. The summed E-state index contributed by atoms with van der Waals surface area (Å²) in [6.45, 7) is 2.78. The molecule has 7 heteroatoms. The number of pyridine rings is 1. The first kappa shape index (κ1) is 20.4. The lowest BCUT2D eigenvalue weighted by Gasteiger charge is -2.21. The molecule has 1 aromatic carbocycles. The van der Waals surface area contributed by atoms with Crippen molar-refractivity contribution in [3.63, 3.8) is 0 Å². The SMILES string of the molecule is Cl.NCCN(CCc1ccccc1)Cc1cc(=O)n2cc(Cl)ccc2n1. The Bertz CT molecular complexity index is 899. The second-order valence-corrected chi connectivity index (χ2v) is 6.40. The van der Waals surface area contributed by atoms with Crippen LogP contribution in [0.25, 0.3) is 5.65 Å². The summed E-state index contributed by atoms with van der Waals surface area (Å²) in [6.07, 6.45) is 2.52. The van der Waals surface area contributed by atoms with E-state index in [-0.39, 0.29) is 18.0 Å². The van der Waals surface area contributed by atoms with Crippen LogP contribution < -0.4 is 11.3 Å². The van der Waals surface area contributed by atoms with Gasteiger partial charge < -0.3 is 5.73 Å². The first-order valence-corrected chi connectivity index (χ1v) is 8.68. The lowest BCUT2D eigenvalue weighted by Crippen LogP contribution is -2.32. The molecule has 2 aromatic heterocycles. The van der Waals surface area contributed by atoms with Gasteiger partial charge in [-0.05, 0) is 24.1 Å². The molecule has 0 aliphatic carbocycles. The van der Waals surface area contributed by atoms with Crippen molar-refractivity contribution in [2.75, 3.05) is 19.6 Å². The lowest BCUT2D eigenvalue weighted by atomic mass is 10.1. The molecule has 0 spiro atoms. The maximum Gasteiger partial charge on any atom is 0.258 e. The molecule has 0 saturated carbocycles. The Morgan fingerprint density at radius 1 is 1.12 bits per heavy atom. The van der Waals surface area contributed by atoms with Crippen molar-refractivity contribution in [2.24, 2.45) is 5.73 Å². The molecule has 0 saturated heterocycles. The van der Waals surface area contributed by atoms with E-state index in [0.29, 0.717) is 23.8 Å². The Labute approximate surface area is 163 Å². The second kappa shape index (κ2) is 9.69. The van der Waals surface area contributed by atoms with Crippen molar-refractivity contribution >= 4 is 29.7 Å². The number of rotatable bonds is 7. The molecule has 5 nitrogen and oxygen atoms in total. The third kappa shape index (κ3) is 5.29. The minimum Gasteiger partial charge on any atom is -0.329 e. The molecule has 0 fully saturated rings. The highest BCUT2D eigenvalue weighted by atomic mass is 35.5. The van der Waals surface area contributed by atoms with E-state index < -0.39 is 0 Å². The highest BCUT2D eigenvalue weighted by Gasteiger charge is 2.09. The van der Waals surface area contributed by atoms with Gasteiger partial charge in [-0.25, -0.2) is 4.98 Å². The second-order valence-electron chi connectivity index (χ2n) is 5.96. The third-order valence-corrected chi connectivity index (χ3v) is 4.29. The molecule has 0 unspecified atom stereocenters. The van der Waals surface area contributed by atoms with Gasteiger partial charge in [0.15, 0.2) is 0 Å². The maximum atomic E-state index is 12.3. The van der Waals surface area contributed by atoms with Crippen LogP contribution in [-0.2, 0) is 13.0 Å². The molecule has 0 atom stereocenters. The van der Waals surface area contributed by atoms with E-state index in [0.717, 1.165) is 25.2 Å². The Kier molecular flexibility index (Phi) is 7.60. The highest BCUT2D eigenvalue weighted by Crippen LogP contribution is 2.10. The number of nitrogens with zero attached hydrogens (tertiary/aromatic N) is 3. The summed E-state index contributed by atoms with van der Waals surface area (Å²) in [7, 11) is 0. The summed E-state index contributed by atoms with van der Waals surface area (Å²) in [6, 6.07) is 15.4. The summed E-state index contributed by atoms with van der Waals surface area (Å²) in [5.41, 5.74) is 8.25. The van der Waals surface area contributed by atoms with Gasteiger partial charge >= 0.3 is 0 Å². The van der Waals surface area contributed by atoms with Crippen LogP contribution in [0.15, 0.2) is 59.5 Å². The van der Waals surface area contributed by atoms with Crippen molar-refractivity contribution in [1.29, 1.82) is 0 Å². The van der Waals surface area contributed by atoms with Crippen LogP contribution in [-0.4, -0.2) is 33.9 Å². The molecule has 0 aliphatic rings. The average Bonchev–Trinajstić information content (AvgIpc) is 2.61. The van der Waals surface area contributed by atoms with Crippen LogP contribution in [0.1, 0.15) is 11.3 Å². The van der Waals surface area contributed by atoms with Crippen LogP contribution in [0, 0.1) is 0 Å². The van der Waals surface area contributed by atoms with Crippen molar-refractivity contribution < 1.29 is 0 Å². The summed E-state index contributed by atoms with van der Waals surface area (Å²) >= 11 is 5.95. The molecule has 0 aliphatic heterocycles. The molecule has 0 radical (unpaired) electrons. The number of nitrogens with two attached hydrogens (primary N) is 1. The fraction of sp³-hybridized carbons (Fsp3) is 0.263. The van der Waals surface area contributed by atoms with Crippen molar-refractivity contribution in [3.05, 3.63) is 81.4 Å². The number of benzene rings is 1. The Balaban J connectivity index is 0.00000243. The molecule has 0 bridgehead atoms. The van der Waals surface area contributed by atoms with Gasteiger partial charge in [0.25, 0.3) is 5.56 Å². The van der Waals surface area contributed by atoms with E-state index in [1.807, 2.05) is 18.2 Å². The monoisotopic (exact) mass is 392 g/mol. The quantitative estimate of drug-likeness (QED) is 0.671. The van der Waals surface area contributed by atoms with Gasteiger partial charge in [0.2, 0.25) is 0 Å². The maximum absolute atomic E-state index is 12.3. The van der Waals surface area contributed by atoms with Crippen LogP contribution >= 0.6 is 24.0 Å². The molecule has 3 rings (SSSR count). The number of aromatic nitrogens is 2. The topological polar surface area (TPSA) is 63.6 Å². The molecule has 0 amide bonds. The predicted molar refractivity (Wildman–Crippen MR) is 108 cm³/mol. The van der Waals surface area contributed by atoms with Crippen LogP contribution in [0.2, 0.25) is 5.02 Å². The van der Waals surface area contributed by atoms with E-state index in [1.54, 1.807) is 24.4 Å². The number of hydrogen-bond donors (Lipinski definition) is 1. The first-order valence-electron chi connectivity index (χ1n) is 8.30. The van der Waals surface area contributed by atoms with Crippen molar-refractivity contribution in [1.82, 2.24) is 14.3 Å². The average molecular weight is 393 g/mol. The first-order chi connectivity index (χ1) is 12.2. The van der Waals surface area contributed by atoms with Gasteiger partial charge in [-0.3, -0.25) is 14.1 Å². The van der Waals surface area contributed by atoms with Crippen LogP contribution in [0.3, 0.4) is 0 Å². The normalized spacial score (nSPS) is 10.9. The predicted octanol–water partition coefficient (Wildman–Crippen LogP) is 2.77. The Morgan fingerprint density at radius 2 is 1.88 bits per heavy atom. The molecular weight excluding hydrogens is 371 g/mol. The molecule has 2 heterocycles. The van der Waals surface area contributed by atoms with Gasteiger partial charge in [0, 0.05) is 38.4 Å². The zero-order chi connectivity index (χ0) is 17.6. The van der Waals surface area contributed by atoms with E-state index in [9.17, 15) is 4.79 Å². The van der Waals surface area contributed by atoms with E-state index in [2.05, 4.69) is 22.0 Å². The summed E-state index contributed by atoms with van der Waals surface area (Å²) in [5.74, 6) is 0. The van der Waals surface area contributed by atoms with Crippen LogP contribution in [0.5, 0.6) is 0 Å². The minimum absolute atomic E-state index is 0. The number of hydrogen-bond acceptors (Lipinski definition) is 4. The van der Waals surface area contributed by atoms with E-state index in [1.165, 1.54) is 9.96 Å². The van der Waals surface area contributed by atoms with Gasteiger partial charge in [-0.1, -0.05) is 41.9 Å². The molecule has 26 heavy (non-hydrogen) atoms. The summed E-state index contributed by atoms with van der Waals surface area (Å²) in [4.78, 5) is 19.1. The molecule has 138 valence electrons. The molecule has 3 aromatic rings. The fourth-order valence-corrected chi connectivity index (χ4v) is 2.98. The lowest BCUT2D eigenvalue weighted by molar-refractivity contribution is 0.273. The number of fused-ring (bicyclic) bond motifs is 1. The van der Waals surface area contributed by atoms with Gasteiger partial charge in [-0.15, -0.1) is 12.4 Å². The van der Waals surface area contributed by atoms with Crippen molar-refractivity contribution in [3.8, 4) is 0 Å². The van der Waals surface area contributed by atoms with E-state index in [4.69, 9.17) is 17.3 Å². The van der Waals surface area contributed by atoms with E-state index >= 15 is 0 Å². The highest BCUT2D eigenvalue weighted by molar-refractivity contribution is 6.30. The summed E-state index contributed by atoms with van der Waals surface area (Å²) < 4.78 is 1.46. The van der Waals surface area contributed by atoms with Gasteiger partial charge in [0.1, 0.15) is 5.65 Å². The standard InChI is InChI=1S/C19H21ClN4O.ClH/c20-16-6-7-18-22-17(12-19(25)24(18)13-16)14-23(11-9-21)10-8-15-4-2-1-3-5-15;/h1-7,12-13H,8-11,14,21H2;1H.